The van der Waals surface area contributed by atoms with E-state index in [1.54, 1.807) is 17.2 Å². The second kappa shape index (κ2) is 13.0. The van der Waals surface area contributed by atoms with E-state index in [4.69, 9.17) is 9.47 Å². The zero-order valence-corrected chi connectivity index (χ0v) is 22.2. The first-order valence-electron chi connectivity index (χ1n) is 13.3. The van der Waals surface area contributed by atoms with Crippen molar-refractivity contribution in [3.63, 3.8) is 0 Å². The summed E-state index contributed by atoms with van der Waals surface area (Å²) < 4.78 is 11.9. The normalized spacial score (nSPS) is 21.3. The number of aliphatic hydroxyl groups is 1. The third kappa shape index (κ3) is 7.32. The van der Waals surface area contributed by atoms with Crippen LogP contribution in [-0.4, -0.2) is 84.4 Å². The summed E-state index contributed by atoms with van der Waals surface area (Å²) >= 11 is 0. The molecule has 1 N–H and O–H groups in total. The van der Waals surface area contributed by atoms with Crippen LogP contribution in [0.2, 0.25) is 0 Å². The number of likely N-dealkylation sites (N-methyl/N-ethyl adjacent to an activating group) is 1. The Labute approximate surface area is 220 Å². The molecular weight excluding hydrogens is 466 g/mol. The van der Waals surface area contributed by atoms with Gasteiger partial charge in [-0.1, -0.05) is 49.1 Å². The Bertz CT molecular complexity index is 1090. The lowest BCUT2D eigenvalue weighted by Crippen LogP contribution is -2.50. The van der Waals surface area contributed by atoms with Crippen molar-refractivity contribution in [3.8, 4) is 17.7 Å². The summed E-state index contributed by atoms with van der Waals surface area (Å²) in [7, 11) is 2.13. The van der Waals surface area contributed by atoms with E-state index in [0.29, 0.717) is 35.9 Å². The average molecular weight is 506 g/mol. The van der Waals surface area contributed by atoms with Crippen LogP contribution in [0.25, 0.3) is 0 Å². The van der Waals surface area contributed by atoms with Gasteiger partial charge in [0.05, 0.1) is 12.6 Å². The van der Waals surface area contributed by atoms with E-state index in [9.17, 15) is 9.90 Å². The van der Waals surface area contributed by atoms with Gasteiger partial charge in [0.1, 0.15) is 11.7 Å². The van der Waals surface area contributed by atoms with Gasteiger partial charge in [-0.3, -0.25) is 4.79 Å². The molecule has 3 heterocycles. The number of aliphatic hydroxyl groups excluding tert-OH is 1. The van der Waals surface area contributed by atoms with Crippen LogP contribution in [0.4, 0.5) is 0 Å². The Balaban J connectivity index is 1.55. The van der Waals surface area contributed by atoms with Gasteiger partial charge in [0.25, 0.3) is 5.91 Å². The molecule has 1 aromatic heterocycles. The number of ether oxygens (including phenoxy) is 2. The maximum absolute atomic E-state index is 13.6. The number of rotatable bonds is 7. The molecule has 0 aliphatic carbocycles. The van der Waals surface area contributed by atoms with Crippen LogP contribution in [0.1, 0.15) is 48.2 Å². The molecule has 1 saturated heterocycles. The Morgan fingerprint density at radius 2 is 1.97 bits per heavy atom. The Kier molecular flexibility index (Phi) is 9.56. The molecule has 7 nitrogen and oxygen atoms in total. The van der Waals surface area contributed by atoms with Crippen molar-refractivity contribution in [2.24, 2.45) is 11.8 Å². The molecule has 2 aliphatic rings. The zero-order chi connectivity index (χ0) is 26.2. The molecule has 2 aromatic rings. The van der Waals surface area contributed by atoms with Crippen molar-refractivity contribution in [3.05, 3.63) is 59.3 Å². The van der Waals surface area contributed by atoms with Crippen molar-refractivity contribution < 1.29 is 19.4 Å². The van der Waals surface area contributed by atoms with E-state index in [-0.39, 0.29) is 30.6 Å². The summed E-state index contributed by atoms with van der Waals surface area (Å²) in [5, 5.41) is 9.89. The number of fused-ring (bicyclic) bond motifs is 1. The molecule has 4 rings (SSSR count). The van der Waals surface area contributed by atoms with Crippen molar-refractivity contribution in [2.45, 2.75) is 45.3 Å². The van der Waals surface area contributed by atoms with Crippen LogP contribution in [0.3, 0.4) is 0 Å². The summed E-state index contributed by atoms with van der Waals surface area (Å²) in [6.45, 7) is 7.75. The summed E-state index contributed by atoms with van der Waals surface area (Å²) in [6, 6.07) is 11.5. The summed E-state index contributed by atoms with van der Waals surface area (Å²) in [5.74, 6) is 7.17. The standard InChI is InChI=1S/C30H39N3O4/c1-22-18-33(23(2)21-34)30(35)27-16-26(11-7-10-24-8-5-4-6-9-24)17-31-29(27)37-28(22)20-32(3)19-25-12-14-36-15-13-25/h4-6,8-9,16-17,22-23,25,28,34H,10,12-15,18-21H2,1-3H3/t22-,23+,28-/m1/s1. The van der Waals surface area contributed by atoms with E-state index in [0.717, 1.165) is 44.7 Å². The van der Waals surface area contributed by atoms with Gasteiger partial charge in [-0.15, -0.1) is 0 Å². The fourth-order valence-electron chi connectivity index (χ4n) is 4.98. The molecule has 1 amide bonds. The van der Waals surface area contributed by atoms with E-state index < -0.39 is 0 Å². The topological polar surface area (TPSA) is 75.1 Å². The predicted octanol–water partition coefficient (Wildman–Crippen LogP) is 3.25. The number of benzene rings is 1. The first-order valence-corrected chi connectivity index (χ1v) is 13.3. The maximum atomic E-state index is 13.6. The number of hydrogen-bond donors (Lipinski definition) is 1. The molecule has 0 unspecified atom stereocenters. The van der Waals surface area contributed by atoms with E-state index >= 15 is 0 Å². The second-order valence-corrected chi connectivity index (χ2v) is 10.4. The van der Waals surface area contributed by atoms with Crippen LogP contribution >= 0.6 is 0 Å². The highest BCUT2D eigenvalue weighted by molar-refractivity contribution is 5.97. The molecule has 1 fully saturated rings. The summed E-state index contributed by atoms with van der Waals surface area (Å²) in [6.07, 6.45) is 4.32. The Morgan fingerprint density at radius 1 is 1.22 bits per heavy atom. The number of aromatic nitrogens is 1. The number of amides is 1. The highest BCUT2D eigenvalue weighted by atomic mass is 16.5. The quantitative estimate of drug-likeness (QED) is 0.583. The van der Waals surface area contributed by atoms with Gasteiger partial charge < -0.3 is 24.4 Å². The first kappa shape index (κ1) is 27.1. The third-order valence-corrected chi connectivity index (χ3v) is 7.29. The number of carbonyl (C=O) groups is 1. The fraction of sp³-hybridized carbons (Fsp3) is 0.533. The molecular formula is C30H39N3O4. The SMILES string of the molecule is C[C@@H]1CN([C@@H](C)CO)C(=O)c2cc(C#CCc3ccccc3)cnc2O[C@@H]1CN(C)CC1CCOCC1. The molecule has 1 aromatic carbocycles. The average Bonchev–Trinajstić information content (AvgIpc) is 2.91. The molecule has 0 spiro atoms. The highest BCUT2D eigenvalue weighted by Crippen LogP contribution is 2.27. The molecule has 198 valence electrons. The predicted molar refractivity (Wildman–Crippen MR) is 143 cm³/mol. The van der Waals surface area contributed by atoms with E-state index in [1.165, 1.54) is 0 Å². The lowest BCUT2D eigenvalue weighted by atomic mass is 9.97. The van der Waals surface area contributed by atoms with Gasteiger partial charge in [-0.2, -0.15) is 0 Å². The maximum Gasteiger partial charge on any atom is 0.259 e. The molecule has 0 bridgehead atoms. The number of pyridine rings is 1. The minimum Gasteiger partial charge on any atom is -0.472 e. The Morgan fingerprint density at radius 3 is 2.70 bits per heavy atom. The van der Waals surface area contributed by atoms with E-state index in [1.807, 2.05) is 37.3 Å². The van der Waals surface area contributed by atoms with Crippen molar-refractivity contribution in [1.82, 2.24) is 14.8 Å². The first-order chi connectivity index (χ1) is 17.9. The lowest BCUT2D eigenvalue weighted by Gasteiger charge is -2.38. The van der Waals surface area contributed by atoms with Crippen LogP contribution in [0.15, 0.2) is 42.6 Å². The largest absolute Gasteiger partial charge is 0.472 e. The molecule has 2 aliphatic heterocycles. The molecule has 7 heteroatoms. The number of nitrogens with zero attached hydrogens (tertiary/aromatic N) is 3. The number of hydrogen-bond acceptors (Lipinski definition) is 6. The van der Waals surface area contributed by atoms with Crippen molar-refractivity contribution >= 4 is 5.91 Å². The zero-order valence-electron chi connectivity index (χ0n) is 22.2. The van der Waals surface area contributed by atoms with Gasteiger partial charge in [0.15, 0.2) is 0 Å². The lowest BCUT2D eigenvalue weighted by molar-refractivity contribution is 0.0254. The highest BCUT2D eigenvalue weighted by Gasteiger charge is 2.34. The van der Waals surface area contributed by atoms with Gasteiger partial charge in [-0.05, 0) is 44.4 Å². The molecule has 3 atom stereocenters. The van der Waals surface area contributed by atoms with Crippen molar-refractivity contribution in [1.29, 1.82) is 0 Å². The fourth-order valence-corrected chi connectivity index (χ4v) is 4.98. The Hall–Kier alpha value is -2.92. The minimum absolute atomic E-state index is 0.0652. The summed E-state index contributed by atoms with van der Waals surface area (Å²) in [4.78, 5) is 22.2. The van der Waals surface area contributed by atoms with Crippen molar-refractivity contribution in [2.75, 3.05) is 46.5 Å². The number of carbonyl (C=O) groups excluding carboxylic acids is 1. The molecule has 0 saturated carbocycles. The van der Waals surface area contributed by atoms with E-state index in [2.05, 4.69) is 35.7 Å². The van der Waals surface area contributed by atoms with Crippen LogP contribution in [-0.2, 0) is 11.2 Å². The second-order valence-electron chi connectivity index (χ2n) is 10.4. The minimum atomic E-state index is -0.311. The third-order valence-electron chi connectivity index (χ3n) is 7.29. The van der Waals surface area contributed by atoms with Crippen LogP contribution < -0.4 is 4.74 Å². The molecule has 37 heavy (non-hydrogen) atoms. The van der Waals surface area contributed by atoms with Crippen LogP contribution in [0, 0.1) is 23.7 Å². The smallest absolute Gasteiger partial charge is 0.259 e. The van der Waals surface area contributed by atoms with Gasteiger partial charge >= 0.3 is 0 Å². The van der Waals surface area contributed by atoms with Gasteiger partial charge in [0, 0.05) is 56.9 Å². The van der Waals surface area contributed by atoms with Gasteiger partial charge in [0.2, 0.25) is 5.88 Å². The summed E-state index contributed by atoms with van der Waals surface area (Å²) in [5.41, 5.74) is 2.21. The van der Waals surface area contributed by atoms with Crippen LogP contribution in [0.5, 0.6) is 5.88 Å². The van der Waals surface area contributed by atoms with Gasteiger partial charge in [-0.25, -0.2) is 4.98 Å². The molecule has 0 radical (unpaired) electrons. The monoisotopic (exact) mass is 505 g/mol.